The van der Waals surface area contributed by atoms with Crippen LogP contribution in [-0.4, -0.2) is 29.3 Å². The van der Waals surface area contributed by atoms with Crippen molar-refractivity contribution in [3.8, 4) is 17.2 Å². The quantitative estimate of drug-likeness (QED) is 0.157. The standard InChI is InChI=1S/C22H17BrIN3O6/c1-32-20-9-14(8-18(24)21(20)33-12-13-2-4-15(23)5-3-13)11-25-26-22(29)17-10-16(27(30)31)6-7-19(17)28/h2-11,28H,12H2,1H3,(H,26,29)/b25-11-. The van der Waals surface area contributed by atoms with Crippen LogP contribution >= 0.6 is 38.5 Å². The van der Waals surface area contributed by atoms with E-state index >= 15 is 0 Å². The van der Waals surface area contributed by atoms with E-state index in [1.807, 2.05) is 24.3 Å². The van der Waals surface area contributed by atoms with Gasteiger partial charge in [0.25, 0.3) is 11.6 Å². The summed E-state index contributed by atoms with van der Waals surface area (Å²) in [6.45, 7) is 0.357. The summed E-state index contributed by atoms with van der Waals surface area (Å²) in [5.74, 6) is -0.118. The van der Waals surface area contributed by atoms with Crippen LogP contribution in [0.25, 0.3) is 0 Å². The van der Waals surface area contributed by atoms with Crippen LogP contribution in [-0.2, 0) is 6.61 Å². The number of carbonyl (C=O) groups is 1. The zero-order valence-electron chi connectivity index (χ0n) is 17.1. The zero-order valence-corrected chi connectivity index (χ0v) is 20.9. The van der Waals surface area contributed by atoms with Crippen molar-refractivity contribution in [2.45, 2.75) is 6.61 Å². The second-order valence-electron chi connectivity index (χ2n) is 6.61. The van der Waals surface area contributed by atoms with Gasteiger partial charge in [-0.25, -0.2) is 5.43 Å². The summed E-state index contributed by atoms with van der Waals surface area (Å²) in [5, 5.41) is 24.6. The number of methoxy groups -OCH3 is 1. The van der Waals surface area contributed by atoms with Crippen LogP contribution in [0.1, 0.15) is 21.5 Å². The molecule has 33 heavy (non-hydrogen) atoms. The number of hydrogen-bond donors (Lipinski definition) is 2. The van der Waals surface area contributed by atoms with E-state index in [0.717, 1.165) is 31.8 Å². The first-order valence-corrected chi connectivity index (χ1v) is 11.2. The fourth-order valence-corrected chi connectivity index (χ4v) is 3.78. The molecule has 0 bridgehead atoms. The third-order valence-electron chi connectivity index (χ3n) is 4.36. The minimum absolute atomic E-state index is 0.259. The first kappa shape index (κ1) is 24.5. The van der Waals surface area contributed by atoms with E-state index in [1.54, 1.807) is 12.1 Å². The molecule has 2 N–H and O–H groups in total. The van der Waals surface area contributed by atoms with Gasteiger partial charge in [0.2, 0.25) is 0 Å². The zero-order chi connectivity index (χ0) is 24.0. The number of phenolic OH excluding ortho intramolecular Hbond substituents is 1. The van der Waals surface area contributed by atoms with Crippen LogP contribution in [0.5, 0.6) is 17.2 Å². The van der Waals surface area contributed by atoms with Crippen molar-refractivity contribution < 1.29 is 24.3 Å². The predicted molar refractivity (Wildman–Crippen MR) is 134 cm³/mol. The van der Waals surface area contributed by atoms with E-state index in [2.05, 4.69) is 49.0 Å². The Kier molecular flexibility index (Phi) is 8.22. The number of nitro benzene ring substituents is 1. The third kappa shape index (κ3) is 6.42. The van der Waals surface area contributed by atoms with Gasteiger partial charge in [-0.3, -0.25) is 14.9 Å². The molecule has 0 aliphatic rings. The van der Waals surface area contributed by atoms with Crippen LogP contribution in [0.2, 0.25) is 0 Å². The van der Waals surface area contributed by atoms with Crippen molar-refractivity contribution >= 4 is 56.3 Å². The number of benzene rings is 3. The lowest BCUT2D eigenvalue weighted by Gasteiger charge is -2.13. The monoisotopic (exact) mass is 625 g/mol. The van der Waals surface area contributed by atoms with Crippen LogP contribution in [0.3, 0.4) is 0 Å². The minimum Gasteiger partial charge on any atom is -0.507 e. The Morgan fingerprint density at radius 1 is 1.24 bits per heavy atom. The number of carbonyl (C=O) groups excluding carboxylic acids is 1. The molecule has 0 radical (unpaired) electrons. The van der Waals surface area contributed by atoms with Gasteiger partial charge in [-0.1, -0.05) is 28.1 Å². The van der Waals surface area contributed by atoms with Gasteiger partial charge in [-0.05, 0) is 64.0 Å². The Morgan fingerprint density at radius 3 is 2.64 bits per heavy atom. The molecule has 3 aromatic carbocycles. The molecule has 3 rings (SSSR count). The molecule has 1 amide bonds. The summed E-state index contributed by atoms with van der Waals surface area (Å²) in [4.78, 5) is 22.5. The van der Waals surface area contributed by atoms with Gasteiger partial charge in [0.15, 0.2) is 11.5 Å². The average molecular weight is 626 g/mol. The molecule has 0 heterocycles. The molecule has 0 aliphatic heterocycles. The smallest absolute Gasteiger partial charge is 0.275 e. The summed E-state index contributed by atoms with van der Waals surface area (Å²) >= 11 is 5.51. The van der Waals surface area contributed by atoms with Gasteiger partial charge >= 0.3 is 0 Å². The molecule has 0 aliphatic carbocycles. The number of halogens is 2. The van der Waals surface area contributed by atoms with Crippen molar-refractivity contribution in [2.24, 2.45) is 5.10 Å². The lowest BCUT2D eigenvalue weighted by molar-refractivity contribution is -0.384. The topological polar surface area (TPSA) is 123 Å². The van der Waals surface area contributed by atoms with Crippen LogP contribution in [0.15, 0.2) is 64.2 Å². The number of hydrogen-bond acceptors (Lipinski definition) is 7. The third-order valence-corrected chi connectivity index (χ3v) is 5.69. The molecule has 0 saturated heterocycles. The van der Waals surface area contributed by atoms with Crippen LogP contribution in [0, 0.1) is 13.7 Å². The number of aromatic hydroxyl groups is 1. The normalized spacial score (nSPS) is 10.8. The van der Waals surface area contributed by atoms with E-state index in [1.165, 1.54) is 13.3 Å². The maximum atomic E-state index is 12.3. The summed E-state index contributed by atoms with van der Waals surface area (Å²) in [7, 11) is 1.52. The maximum absolute atomic E-state index is 12.3. The highest BCUT2D eigenvalue weighted by atomic mass is 127. The first-order valence-electron chi connectivity index (χ1n) is 9.34. The van der Waals surface area contributed by atoms with Crippen molar-refractivity contribution in [3.63, 3.8) is 0 Å². The van der Waals surface area contributed by atoms with Gasteiger partial charge in [0.1, 0.15) is 12.4 Å². The molecular formula is C22H17BrIN3O6. The van der Waals surface area contributed by atoms with Gasteiger partial charge < -0.3 is 14.6 Å². The number of hydrazone groups is 1. The molecule has 170 valence electrons. The molecule has 11 heteroatoms. The van der Waals surface area contributed by atoms with Crippen molar-refractivity contribution in [1.29, 1.82) is 0 Å². The number of amides is 1. The predicted octanol–water partition coefficient (Wildman–Crippen LogP) is 5.02. The molecule has 0 spiro atoms. The van der Waals surface area contributed by atoms with Gasteiger partial charge in [-0.15, -0.1) is 0 Å². The van der Waals surface area contributed by atoms with Gasteiger partial charge in [0.05, 0.1) is 27.4 Å². The van der Waals surface area contributed by atoms with E-state index < -0.39 is 16.6 Å². The molecule has 0 unspecified atom stereocenters. The molecule has 9 nitrogen and oxygen atoms in total. The first-order chi connectivity index (χ1) is 15.8. The van der Waals surface area contributed by atoms with Crippen molar-refractivity contribution in [1.82, 2.24) is 5.43 Å². The summed E-state index contributed by atoms with van der Waals surface area (Å²) < 4.78 is 13.1. The molecule has 0 saturated carbocycles. The Bertz CT molecular complexity index is 1220. The number of rotatable bonds is 8. The highest BCUT2D eigenvalue weighted by Crippen LogP contribution is 2.34. The number of nitrogens with one attached hydrogen (secondary N) is 1. The molecule has 0 aromatic heterocycles. The number of phenols is 1. The molecule has 3 aromatic rings. The Morgan fingerprint density at radius 2 is 1.97 bits per heavy atom. The average Bonchev–Trinajstić information content (AvgIpc) is 2.79. The van der Waals surface area contributed by atoms with Crippen molar-refractivity contribution in [3.05, 3.63) is 89.4 Å². The van der Waals surface area contributed by atoms with Crippen LogP contribution in [0.4, 0.5) is 5.69 Å². The number of nitro groups is 1. The second kappa shape index (κ2) is 11.1. The molecular weight excluding hydrogens is 609 g/mol. The number of nitrogens with zero attached hydrogens (tertiary/aromatic N) is 2. The Hall–Kier alpha value is -3.19. The fourth-order valence-electron chi connectivity index (χ4n) is 2.74. The fraction of sp³-hybridized carbons (Fsp3) is 0.0909. The maximum Gasteiger partial charge on any atom is 0.275 e. The van der Waals surface area contributed by atoms with E-state index in [0.29, 0.717) is 23.7 Å². The summed E-state index contributed by atoms with van der Waals surface area (Å²) in [6, 6.07) is 14.4. The Labute approximate surface area is 210 Å². The Balaban J connectivity index is 1.71. The van der Waals surface area contributed by atoms with Gasteiger partial charge in [-0.2, -0.15) is 5.10 Å². The largest absolute Gasteiger partial charge is 0.507 e. The summed E-state index contributed by atoms with van der Waals surface area (Å²) in [6.07, 6.45) is 1.38. The van der Waals surface area contributed by atoms with E-state index in [9.17, 15) is 20.0 Å². The lowest BCUT2D eigenvalue weighted by atomic mass is 10.1. The van der Waals surface area contributed by atoms with E-state index in [-0.39, 0.29) is 11.3 Å². The molecule has 0 atom stereocenters. The minimum atomic E-state index is -0.788. The number of ether oxygens (including phenoxy) is 2. The van der Waals surface area contributed by atoms with Crippen LogP contribution < -0.4 is 14.9 Å². The number of non-ortho nitro benzene ring substituents is 1. The highest BCUT2D eigenvalue weighted by molar-refractivity contribution is 14.1. The SMILES string of the molecule is COc1cc(/C=N\NC(=O)c2cc([N+](=O)[O-])ccc2O)cc(I)c1OCc1ccc(Br)cc1. The van der Waals surface area contributed by atoms with E-state index in [4.69, 9.17) is 9.47 Å². The van der Waals surface area contributed by atoms with Gasteiger partial charge in [0, 0.05) is 16.6 Å². The summed E-state index contributed by atoms with van der Waals surface area (Å²) in [5.41, 5.74) is 3.28. The lowest BCUT2D eigenvalue weighted by Crippen LogP contribution is -2.18. The van der Waals surface area contributed by atoms with Crippen molar-refractivity contribution in [2.75, 3.05) is 7.11 Å². The second-order valence-corrected chi connectivity index (χ2v) is 8.68. The highest BCUT2D eigenvalue weighted by Gasteiger charge is 2.16. The molecule has 0 fully saturated rings.